The summed E-state index contributed by atoms with van der Waals surface area (Å²) in [6.45, 7) is 3.83. The quantitative estimate of drug-likeness (QED) is 0.701. The zero-order chi connectivity index (χ0) is 20.8. The lowest BCUT2D eigenvalue weighted by molar-refractivity contribution is -0.114. The second-order valence-corrected chi connectivity index (χ2v) is 7.40. The van der Waals surface area contributed by atoms with Crippen molar-refractivity contribution >= 4 is 29.1 Å². The smallest absolute Gasteiger partial charge is 0.253 e. The molecular formula is C22H26N4O3. The van der Waals surface area contributed by atoms with Crippen molar-refractivity contribution in [3.05, 3.63) is 59.7 Å². The maximum atomic E-state index is 12.6. The van der Waals surface area contributed by atoms with E-state index in [1.54, 1.807) is 48.5 Å². The van der Waals surface area contributed by atoms with Crippen molar-refractivity contribution < 1.29 is 14.4 Å². The van der Waals surface area contributed by atoms with Crippen LogP contribution >= 0.6 is 0 Å². The predicted molar refractivity (Wildman–Crippen MR) is 113 cm³/mol. The third-order valence-corrected chi connectivity index (χ3v) is 5.09. The van der Waals surface area contributed by atoms with Gasteiger partial charge in [0.25, 0.3) is 5.91 Å². The van der Waals surface area contributed by atoms with Gasteiger partial charge in [0.2, 0.25) is 11.8 Å². The lowest BCUT2D eigenvalue weighted by Crippen LogP contribution is -2.37. The molecule has 2 aromatic carbocycles. The number of likely N-dealkylation sites (tertiary alicyclic amines) is 1. The lowest BCUT2D eigenvalue weighted by atomic mass is 9.98. The first-order valence-corrected chi connectivity index (χ1v) is 9.75. The van der Waals surface area contributed by atoms with Gasteiger partial charge >= 0.3 is 0 Å². The van der Waals surface area contributed by atoms with Crippen LogP contribution in [-0.2, 0) is 4.79 Å². The topological polar surface area (TPSA) is 105 Å². The molecule has 1 aliphatic rings. The number of carbonyl (C=O) groups is 3. The fourth-order valence-electron chi connectivity index (χ4n) is 3.26. The van der Waals surface area contributed by atoms with E-state index in [1.807, 2.05) is 4.90 Å². The van der Waals surface area contributed by atoms with E-state index in [-0.39, 0.29) is 18.4 Å². The van der Waals surface area contributed by atoms with E-state index in [0.717, 1.165) is 25.9 Å². The van der Waals surface area contributed by atoms with Crippen LogP contribution in [0, 0.1) is 5.92 Å². The van der Waals surface area contributed by atoms with Crippen LogP contribution in [-0.4, -0.2) is 42.3 Å². The summed E-state index contributed by atoms with van der Waals surface area (Å²) < 4.78 is 0. The summed E-state index contributed by atoms with van der Waals surface area (Å²) in [7, 11) is 0. The third kappa shape index (κ3) is 5.57. The highest BCUT2D eigenvalue weighted by atomic mass is 16.2. The number of nitrogens with zero attached hydrogens (tertiary/aromatic N) is 1. The number of nitrogens with two attached hydrogens (primary N) is 1. The second kappa shape index (κ2) is 9.23. The molecule has 0 unspecified atom stereocenters. The van der Waals surface area contributed by atoms with Crippen LogP contribution in [0.25, 0.3) is 0 Å². The Hall–Kier alpha value is -3.35. The molecule has 3 amide bonds. The van der Waals surface area contributed by atoms with E-state index in [0.29, 0.717) is 28.4 Å². The van der Waals surface area contributed by atoms with Crippen LogP contribution < -0.4 is 16.4 Å². The average Bonchev–Trinajstić information content (AvgIpc) is 2.73. The van der Waals surface area contributed by atoms with Crippen molar-refractivity contribution in [2.24, 2.45) is 11.7 Å². The minimum atomic E-state index is -0.521. The summed E-state index contributed by atoms with van der Waals surface area (Å²) in [5.74, 6) is -0.0559. The number of carbonyl (C=O) groups excluding carboxylic acids is 3. The number of anilines is 2. The van der Waals surface area contributed by atoms with Crippen molar-refractivity contribution in [3.8, 4) is 0 Å². The van der Waals surface area contributed by atoms with Crippen LogP contribution in [0.4, 0.5) is 11.4 Å². The van der Waals surface area contributed by atoms with Gasteiger partial charge in [-0.2, -0.15) is 0 Å². The van der Waals surface area contributed by atoms with Crippen LogP contribution in [0.3, 0.4) is 0 Å². The molecule has 7 nitrogen and oxygen atoms in total. The maximum absolute atomic E-state index is 12.6. The van der Waals surface area contributed by atoms with E-state index in [4.69, 9.17) is 5.73 Å². The monoisotopic (exact) mass is 394 g/mol. The largest absolute Gasteiger partial charge is 0.376 e. The highest BCUT2D eigenvalue weighted by Gasteiger charge is 2.21. The van der Waals surface area contributed by atoms with Crippen LogP contribution in [0.15, 0.2) is 48.5 Å². The number of primary amides is 1. The van der Waals surface area contributed by atoms with Gasteiger partial charge in [-0.1, -0.05) is 13.0 Å². The first kappa shape index (κ1) is 20.4. The van der Waals surface area contributed by atoms with Crippen LogP contribution in [0.1, 0.15) is 40.5 Å². The molecule has 0 bridgehead atoms. The van der Waals surface area contributed by atoms with Crippen LogP contribution in [0.2, 0.25) is 0 Å². The molecule has 0 aliphatic carbocycles. The Morgan fingerprint density at radius 2 is 1.69 bits per heavy atom. The molecule has 1 saturated heterocycles. The number of amides is 3. The highest BCUT2D eigenvalue weighted by Crippen LogP contribution is 2.19. The van der Waals surface area contributed by atoms with Gasteiger partial charge in [0, 0.05) is 35.6 Å². The molecule has 1 aliphatic heterocycles. The minimum Gasteiger partial charge on any atom is -0.376 e. The Kier molecular flexibility index (Phi) is 6.49. The highest BCUT2D eigenvalue weighted by molar-refractivity contribution is 5.97. The molecule has 29 heavy (non-hydrogen) atoms. The van der Waals surface area contributed by atoms with Gasteiger partial charge in [-0.15, -0.1) is 0 Å². The van der Waals surface area contributed by atoms with Crippen molar-refractivity contribution in [3.63, 3.8) is 0 Å². The second-order valence-electron chi connectivity index (χ2n) is 7.40. The number of rotatable bonds is 6. The molecule has 1 heterocycles. The van der Waals surface area contributed by atoms with E-state index in [9.17, 15) is 14.4 Å². The van der Waals surface area contributed by atoms with Crippen molar-refractivity contribution in [1.29, 1.82) is 0 Å². The van der Waals surface area contributed by atoms with Gasteiger partial charge in [-0.05, 0) is 61.2 Å². The van der Waals surface area contributed by atoms with Crippen LogP contribution in [0.5, 0.6) is 0 Å². The van der Waals surface area contributed by atoms with Gasteiger partial charge in [0.15, 0.2) is 0 Å². The normalized spacial score (nSPS) is 14.3. The molecule has 7 heteroatoms. The molecule has 4 N–H and O–H groups in total. The molecule has 0 saturated carbocycles. The van der Waals surface area contributed by atoms with Gasteiger partial charge in [-0.3, -0.25) is 14.4 Å². The summed E-state index contributed by atoms with van der Waals surface area (Å²) in [4.78, 5) is 37.8. The number of piperidine rings is 1. The van der Waals surface area contributed by atoms with Gasteiger partial charge < -0.3 is 21.3 Å². The van der Waals surface area contributed by atoms with Gasteiger partial charge in [0.1, 0.15) is 0 Å². The maximum Gasteiger partial charge on any atom is 0.253 e. The number of nitrogens with one attached hydrogen (secondary N) is 2. The molecule has 1 fully saturated rings. The minimum absolute atomic E-state index is 0.0331. The van der Waals surface area contributed by atoms with Crippen molar-refractivity contribution in [2.75, 3.05) is 30.3 Å². The lowest BCUT2D eigenvalue weighted by Gasteiger charge is -2.30. The van der Waals surface area contributed by atoms with Gasteiger partial charge in [0.05, 0.1) is 6.54 Å². The summed E-state index contributed by atoms with van der Waals surface area (Å²) in [6, 6.07) is 13.6. The molecular weight excluding hydrogens is 368 g/mol. The summed E-state index contributed by atoms with van der Waals surface area (Å²) in [5.41, 5.74) is 7.50. The molecule has 0 spiro atoms. The first-order valence-electron chi connectivity index (χ1n) is 9.75. The standard InChI is InChI=1S/C22H26N4O3/c1-15-9-11-26(12-10-15)22(29)16-5-7-18(8-6-16)25-20(27)14-24-19-4-2-3-17(13-19)21(23)28/h2-8,13,15,24H,9-12,14H2,1H3,(H2,23,28)(H,25,27). The van der Waals surface area contributed by atoms with Crippen molar-refractivity contribution in [2.45, 2.75) is 19.8 Å². The van der Waals surface area contributed by atoms with E-state index >= 15 is 0 Å². The SMILES string of the molecule is CC1CCN(C(=O)c2ccc(NC(=O)CNc3cccc(C(N)=O)c3)cc2)CC1. The molecule has 152 valence electrons. The molecule has 0 atom stereocenters. The van der Waals surface area contributed by atoms with Crippen molar-refractivity contribution in [1.82, 2.24) is 4.90 Å². The van der Waals surface area contributed by atoms with E-state index in [2.05, 4.69) is 17.6 Å². The Bertz CT molecular complexity index is 887. The fourth-order valence-corrected chi connectivity index (χ4v) is 3.26. The van der Waals surface area contributed by atoms with E-state index < -0.39 is 5.91 Å². The third-order valence-electron chi connectivity index (χ3n) is 5.09. The summed E-state index contributed by atoms with van der Waals surface area (Å²) in [6.07, 6.45) is 2.07. The Labute approximate surface area is 170 Å². The van der Waals surface area contributed by atoms with E-state index in [1.165, 1.54) is 0 Å². The average molecular weight is 394 g/mol. The number of hydrogen-bond acceptors (Lipinski definition) is 4. The zero-order valence-electron chi connectivity index (χ0n) is 16.5. The number of benzene rings is 2. The Morgan fingerprint density at radius 3 is 2.34 bits per heavy atom. The molecule has 0 radical (unpaired) electrons. The molecule has 2 aromatic rings. The summed E-state index contributed by atoms with van der Waals surface area (Å²) >= 11 is 0. The fraction of sp³-hybridized carbons (Fsp3) is 0.318. The first-order chi connectivity index (χ1) is 13.9. The number of hydrogen-bond donors (Lipinski definition) is 3. The zero-order valence-corrected chi connectivity index (χ0v) is 16.5. The predicted octanol–water partition coefficient (Wildman–Crippen LogP) is 2.71. The molecule has 0 aromatic heterocycles. The Morgan fingerprint density at radius 1 is 1.00 bits per heavy atom. The molecule has 3 rings (SSSR count). The summed E-state index contributed by atoms with van der Waals surface area (Å²) in [5, 5.41) is 5.74. The Balaban J connectivity index is 1.51. The van der Waals surface area contributed by atoms with Gasteiger partial charge in [-0.25, -0.2) is 0 Å².